The molecule has 0 aliphatic heterocycles. The zero-order chi connectivity index (χ0) is 10.9. The average molecular weight is 217 g/mol. The summed E-state index contributed by atoms with van der Waals surface area (Å²) in [5, 5.41) is 27.1. The van der Waals surface area contributed by atoms with Crippen molar-refractivity contribution in [2.24, 2.45) is 0 Å². The van der Waals surface area contributed by atoms with Crippen LogP contribution in [0.4, 0.5) is 0 Å². The van der Waals surface area contributed by atoms with E-state index in [2.05, 4.69) is 0 Å². The molecule has 5 heteroatoms. The molecular weight excluding hydrogens is 208 g/mol. The van der Waals surface area contributed by atoms with Crippen LogP contribution < -0.4 is 0 Å². The van der Waals surface area contributed by atoms with Crippen molar-refractivity contribution in [3.05, 3.63) is 22.7 Å². The first-order valence-corrected chi connectivity index (χ1v) is 4.25. The van der Waals surface area contributed by atoms with Gasteiger partial charge in [-0.1, -0.05) is 11.6 Å². The fourth-order valence-electron chi connectivity index (χ4n) is 1.03. The number of halogens is 1. The second kappa shape index (κ2) is 3.75. The maximum Gasteiger partial charge on any atom is 0.310 e. The van der Waals surface area contributed by atoms with Crippen LogP contribution in [0, 0.1) is 0 Å². The van der Waals surface area contributed by atoms with Crippen molar-refractivity contribution in [2.45, 2.75) is 12.8 Å². The fraction of sp³-hybridized carbons (Fsp3) is 0.222. The standard InChI is InChI=1S/C9H9ClO4/c1-4(9(13)14)5-2-7(11)8(12)3-6(5)10/h2-4,11-12H,1H3,(H,13,14). The van der Waals surface area contributed by atoms with Gasteiger partial charge in [-0.25, -0.2) is 0 Å². The molecule has 1 aromatic rings. The van der Waals surface area contributed by atoms with E-state index in [0.717, 1.165) is 12.1 Å². The number of carboxylic acids is 1. The van der Waals surface area contributed by atoms with Crippen molar-refractivity contribution in [1.82, 2.24) is 0 Å². The molecule has 0 heterocycles. The van der Waals surface area contributed by atoms with Gasteiger partial charge in [0.05, 0.1) is 5.92 Å². The lowest BCUT2D eigenvalue weighted by Gasteiger charge is -2.10. The Balaban J connectivity index is 3.22. The van der Waals surface area contributed by atoms with Crippen molar-refractivity contribution < 1.29 is 20.1 Å². The molecule has 0 amide bonds. The highest BCUT2D eigenvalue weighted by Crippen LogP contribution is 2.34. The van der Waals surface area contributed by atoms with Crippen LogP contribution in [0.1, 0.15) is 18.4 Å². The summed E-state index contributed by atoms with van der Waals surface area (Å²) in [6.07, 6.45) is 0. The zero-order valence-electron chi connectivity index (χ0n) is 7.36. The Labute approximate surface area is 85.4 Å². The number of carbonyl (C=O) groups is 1. The number of hydrogen-bond acceptors (Lipinski definition) is 3. The minimum Gasteiger partial charge on any atom is -0.504 e. The topological polar surface area (TPSA) is 77.8 Å². The summed E-state index contributed by atoms with van der Waals surface area (Å²) < 4.78 is 0. The van der Waals surface area contributed by atoms with Crippen LogP contribution in [0.2, 0.25) is 5.02 Å². The molecule has 0 aromatic heterocycles. The molecule has 0 radical (unpaired) electrons. The normalized spacial score (nSPS) is 12.4. The van der Waals surface area contributed by atoms with Gasteiger partial charge in [-0.15, -0.1) is 0 Å². The molecule has 0 aliphatic carbocycles. The van der Waals surface area contributed by atoms with Gasteiger partial charge in [-0.2, -0.15) is 0 Å². The number of benzene rings is 1. The molecule has 1 rings (SSSR count). The number of aromatic hydroxyl groups is 2. The lowest BCUT2D eigenvalue weighted by Crippen LogP contribution is -2.07. The third kappa shape index (κ3) is 1.90. The van der Waals surface area contributed by atoms with E-state index >= 15 is 0 Å². The Bertz CT molecular complexity index is 375. The van der Waals surface area contributed by atoms with Gasteiger partial charge in [0.15, 0.2) is 11.5 Å². The molecule has 1 aromatic carbocycles. The minimum atomic E-state index is -1.04. The highest BCUT2D eigenvalue weighted by atomic mass is 35.5. The molecule has 76 valence electrons. The Morgan fingerprint density at radius 1 is 1.36 bits per heavy atom. The molecule has 14 heavy (non-hydrogen) atoms. The largest absolute Gasteiger partial charge is 0.504 e. The van der Waals surface area contributed by atoms with E-state index in [-0.39, 0.29) is 22.1 Å². The number of phenols is 2. The Hall–Kier alpha value is -1.42. The Kier molecular flexibility index (Phi) is 2.86. The van der Waals surface area contributed by atoms with Gasteiger partial charge in [-0.05, 0) is 18.6 Å². The summed E-state index contributed by atoms with van der Waals surface area (Å²) in [6, 6.07) is 2.27. The van der Waals surface area contributed by atoms with Gasteiger partial charge in [0.1, 0.15) is 0 Å². The summed E-state index contributed by atoms with van der Waals surface area (Å²) in [5.41, 5.74) is 0.273. The molecule has 1 atom stereocenters. The summed E-state index contributed by atoms with van der Waals surface area (Å²) >= 11 is 5.71. The van der Waals surface area contributed by atoms with E-state index < -0.39 is 11.9 Å². The van der Waals surface area contributed by atoms with Gasteiger partial charge in [0, 0.05) is 11.1 Å². The van der Waals surface area contributed by atoms with Crippen LogP contribution in [-0.2, 0) is 4.79 Å². The van der Waals surface area contributed by atoms with Crippen molar-refractivity contribution in [3.8, 4) is 11.5 Å². The number of carboxylic acid groups (broad SMARTS) is 1. The van der Waals surface area contributed by atoms with Crippen LogP contribution in [0.5, 0.6) is 11.5 Å². The summed E-state index contributed by atoms with van der Waals surface area (Å²) in [4.78, 5) is 10.6. The highest BCUT2D eigenvalue weighted by molar-refractivity contribution is 6.31. The first-order chi connectivity index (χ1) is 6.43. The SMILES string of the molecule is CC(C(=O)O)c1cc(O)c(O)cc1Cl. The smallest absolute Gasteiger partial charge is 0.310 e. The predicted molar refractivity (Wildman–Crippen MR) is 50.8 cm³/mol. The molecule has 1 unspecified atom stereocenters. The van der Waals surface area contributed by atoms with Crippen molar-refractivity contribution in [3.63, 3.8) is 0 Å². The lowest BCUT2D eigenvalue weighted by atomic mass is 10.0. The molecule has 0 fully saturated rings. The summed E-state index contributed by atoms with van der Waals surface area (Å²) in [7, 11) is 0. The molecule has 0 aliphatic rings. The van der Waals surface area contributed by atoms with E-state index in [1.54, 1.807) is 0 Å². The molecule has 0 spiro atoms. The van der Waals surface area contributed by atoms with Crippen LogP contribution in [0.3, 0.4) is 0 Å². The van der Waals surface area contributed by atoms with E-state index in [4.69, 9.17) is 26.9 Å². The second-order valence-corrected chi connectivity index (χ2v) is 3.33. The van der Waals surface area contributed by atoms with E-state index in [9.17, 15) is 4.79 Å². The van der Waals surface area contributed by atoms with Crippen molar-refractivity contribution >= 4 is 17.6 Å². The van der Waals surface area contributed by atoms with Crippen molar-refractivity contribution in [2.75, 3.05) is 0 Å². The van der Waals surface area contributed by atoms with E-state index in [1.165, 1.54) is 6.92 Å². The molecule has 4 nitrogen and oxygen atoms in total. The van der Waals surface area contributed by atoms with E-state index in [1.807, 2.05) is 0 Å². The highest BCUT2D eigenvalue weighted by Gasteiger charge is 2.18. The Morgan fingerprint density at radius 2 is 1.86 bits per heavy atom. The van der Waals surface area contributed by atoms with Gasteiger partial charge >= 0.3 is 5.97 Å². The number of phenolic OH excluding ortho intramolecular Hbond substituents is 2. The van der Waals surface area contributed by atoms with Crippen molar-refractivity contribution in [1.29, 1.82) is 0 Å². The minimum absolute atomic E-state index is 0.121. The predicted octanol–water partition coefficient (Wildman–Crippen LogP) is 1.94. The van der Waals surface area contributed by atoms with Gasteiger partial charge in [0.2, 0.25) is 0 Å². The van der Waals surface area contributed by atoms with Crippen LogP contribution in [0.25, 0.3) is 0 Å². The maximum atomic E-state index is 10.6. The van der Waals surface area contributed by atoms with Crippen LogP contribution in [0.15, 0.2) is 12.1 Å². The van der Waals surface area contributed by atoms with Gasteiger partial charge in [0.25, 0.3) is 0 Å². The first-order valence-electron chi connectivity index (χ1n) is 3.87. The second-order valence-electron chi connectivity index (χ2n) is 2.92. The zero-order valence-corrected chi connectivity index (χ0v) is 8.12. The summed E-state index contributed by atoms with van der Waals surface area (Å²) in [6.45, 7) is 1.44. The van der Waals surface area contributed by atoms with Gasteiger partial charge in [-0.3, -0.25) is 4.79 Å². The number of rotatable bonds is 2. The summed E-state index contributed by atoms with van der Waals surface area (Å²) in [5.74, 6) is -2.61. The maximum absolute atomic E-state index is 10.6. The monoisotopic (exact) mass is 216 g/mol. The molecular formula is C9H9ClO4. The lowest BCUT2D eigenvalue weighted by molar-refractivity contribution is -0.138. The average Bonchev–Trinajstić information content (AvgIpc) is 2.10. The van der Waals surface area contributed by atoms with Crippen LogP contribution in [-0.4, -0.2) is 21.3 Å². The number of aliphatic carboxylic acids is 1. The third-order valence-corrected chi connectivity index (χ3v) is 2.26. The molecule has 0 saturated carbocycles. The fourth-order valence-corrected chi connectivity index (χ4v) is 1.35. The van der Waals surface area contributed by atoms with Gasteiger partial charge < -0.3 is 15.3 Å². The molecule has 3 N–H and O–H groups in total. The number of hydrogen-bond donors (Lipinski definition) is 3. The molecule has 0 saturated heterocycles. The quantitative estimate of drug-likeness (QED) is 0.661. The Morgan fingerprint density at radius 3 is 2.36 bits per heavy atom. The first kappa shape index (κ1) is 10.7. The molecule has 0 bridgehead atoms. The third-order valence-electron chi connectivity index (χ3n) is 1.93. The van der Waals surface area contributed by atoms with Crippen LogP contribution >= 0.6 is 11.6 Å². The van der Waals surface area contributed by atoms with E-state index in [0.29, 0.717) is 0 Å².